The Bertz CT molecular complexity index is 764. The fourth-order valence-corrected chi connectivity index (χ4v) is 2.83. The zero-order chi connectivity index (χ0) is 18.2. The molecule has 0 saturated heterocycles. The standard InChI is InChI=1S/C19H24N2O4/c1-14(22)16-13-21(17-8-5-4-7-15(16)17)12-10-18(23)20-11-6-2-3-9-19(24)25/h4-5,7-8,13H,2-3,6,9-12H2,1H3,(H,20,23)(H,24,25). The number of carboxylic acid groups (broad SMARTS) is 1. The second-order valence-corrected chi connectivity index (χ2v) is 6.11. The Labute approximate surface area is 146 Å². The van der Waals surface area contributed by atoms with Crippen LogP contribution in [0.15, 0.2) is 30.5 Å². The molecule has 0 spiro atoms. The van der Waals surface area contributed by atoms with E-state index in [1.54, 1.807) is 6.92 Å². The minimum absolute atomic E-state index is 0.0146. The Kier molecular flexibility index (Phi) is 6.74. The van der Waals surface area contributed by atoms with Crippen LogP contribution in [0.3, 0.4) is 0 Å². The number of fused-ring (bicyclic) bond motifs is 1. The van der Waals surface area contributed by atoms with E-state index in [2.05, 4.69) is 5.32 Å². The van der Waals surface area contributed by atoms with Crippen LogP contribution in [0.2, 0.25) is 0 Å². The number of aliphatic carboxylic acids is 1. The topological polar surface area (TPSA) is 88.4 Å². The van der Waals surface area contributed by atoms with Gasteiger partial charge in [0.25, 0.3) is 0 Å². The van der Waals surface area contributed by atoms with Gasteiger partial charge in [-0.05, 0) is 25.8 Å². The molecule has 134 valence electrons. The zero-order valence-electron chi connectivity index (χ0n) is 14.5. The number of nitrogens with zero attached hydrogens (tertiary/aromatic N) is 1. The molecule has 2 N–H and O–H groups in total. The van der Waals surface area contributed by atoms with Crippen LogP contribution in [0.4, 0.5) is 0 Å². The predicted molar refractivity (Wildman–Crippen MR) is 95.7 cm³/mol. The lowest BCUT2D eigenvalue weighted by Gasteiger charge is -2.07. The average molecular weight is 344 g/mol. The lowest BCUT2D eigenvalue weighted by molar-refractivity contribution is -0.137. The van der Waals surface area contributed by atoms with E-state index in [-0.39, 0.29) is 18.1 Å². The van der Waals surface area contributed by atoms with Gasteiger partial charge in [-0.15, -0.1) is 0 Å². The molecule has 1 amide bonds. The maximum Gasteiger partial charge on any atom is 0.303 e. The summed E-state index contributed by atoms with van der Waals surface area (Å²) in [5.74, 6) is -0.811. The van der Waals surface area contributed by atoms with Crippen molar-refractivity contribution in [2.75, 3.05) is 6.54 Å². The van der Waals surface area contributed by atoms with Gasteiger partial charge in [0.15, 0.2) is 5.78 Å². The molecular formula is C19H24N2O4. The SMILES string of the molecule is CC(=O)c1cn(CCC(=O)NCCCCCC(=O)O)c2ccccc12. The lowest BCUT2D eigenvalue weighted by atomic mass is 10.1. The molecule has 25 heavy (non-hydrogen) atoms. The van der Waals surface area contributed by atoms with Crippen molar-refractivity contribution in [1.29, 1.82) is 0 Å². The minimum atomic E-state index is -0.784. The number of hydrogen-bond acceptors (Lipinski definition) is 3. The van der Waals surface area contributed by atoms with Gasteiger partial charge < -0.3 is 15.0 Å². The fourth-order valence-electron chi connectivity index (χ4n) is 2.83. The molecule has 0 radical (unpaired) electrons. The summed E-state index contributed by atoms with van der Waals surface area (Å²) in [5.41, 5.74) is 1.63. The van der Waals surface area contributed by atoms with Crippen molar-refractivity contribution >= 4 is 28.6 Å². The Morgan fingerprint density at radius 1 is 1.08 bits per heavy atom. The molecule has 6 nitrogen and oxygen atoms in total. The number of amides is 1. The third-order valence-corrected chi connectivity index (χ3v) is 4.14. The largest absolute Gasteiger partial charge is 0.481 e. The van der Waals surface area contributed by atoms with Gasteiger partial charge in [0.05, 0.1) is 0 Å². The number of carbonyl (C=O) groups is 3. The molecule has 2 aromatic rings. The number of aromatic nitrogens is 1. The molecule has 0 fully saturated rings. The van der Waals surface area contributed by atoms with Gasteiger partial charge in [-0.2, -0.15) is 0 Å². The Balaban J connectivity index is 1.81. The number of Topliss-reactive ketones (excluding diaryl/α,β-unsaturated/α-hetero) is 1. The lowest BCUT2D eigenvalue weighted by Crippen LogP contribution is -2.25. The van der Waals surface area contributed by atoms with Crippen molar-refractivity contribution in [3.63, 3.8) is 0 Å². The number of benzene rings is 1. The van der Waals surface area contributed by atoms with Gasteiger partial charge in [-0.25, -0.2) is 0 Å². The molecular weight excluding hydrogens is 320 g/mol. The van der Waals surface area contributed by atoms with Crippen molar-refractivity contribution in [3.05, 3.63) is 36.0 Å². The molecule has 0 bridgehead atoms. The molecule has 0 aliphatic carbocycles. The molecule has 0 aliphatic rings. The van der Waals surface area contributed by atoms with Gasteiger partial charge in [0.1, 0.15) is 0 Å². The fraction of sp³-hybridized carbons (Fsp3) is 0.421. The molecule has 0 aliphatic heterocycles. The van der Waals surface area contributed by atoms with Gasteiger partial charge in [-0.3, -0.25) is 14.4 Å². The summed E-state index contributed by atoms with van der Waals surface area (Å²) in [6, 6.07) is 7.68. The quantitative estimate of drug-likeness (QED) is 0.512. The average Bonchev–Trinajstić information content (AvgIpc) is 2.95. The molecule has 2 rings (SSSR count). The minimum Gasteiger partial charge on any atom is -0.481 e. The van der Waals surface area contributed by atoms with Crippen LogP contribution in [-0.2, 0) is 16.1 Å². The van der Waals surface area contributed by atoms with E-state index < -0.39 is 5.97 Å². The van der Waals surface area contributed by atoms with Crippen LogP contribution in [-0.4, -0.2) is 33.9 Å². The molecule has 0 saturated carbocycles. The van der Waals surface area contributed by atoms with E-state index >= 15 is 0 Å². The number of rotatable bonds is 10. The van der Waals surface area contributed by atoms with Crippen LogP contribution < -0.4 is 5.32 Å². The number of ketones is 1. The summed E-state index contributed by atoms with van der Waals surface area (Å²) in [6.07, 6.45) is 4.52. The molecule has 1 aromatic carbocycles. The van der Waals surface area contributed by atoms with Crippen LogP contribution >= 0.6 is 0 Å². The highest BCUT2D eigenvalue weighted by molar-refractivity contribution is 6.06. The maximum absolute atomic E-state index is 11.9. The zero-order valence-corrected chi connectivity index (χ0v) is 14.5. The number of para-hydroxylation sites is 1. The maximum atomic E-state index is 11.9. The first-order valence-electron chi connectivity index (χ1n) is 8.56. The van der Waals surface area contributed by atoms with E-state index in [0.717, 1.165) is 23.7 Å². The van der Waals surface area contributed by atoms with Crippen LogP contribution in [0.5, 0.6) is 0 Å². The number of aryl methyl sites for hydroxylation is 1. The summed E-state index contributed by atoms with van der Waals surface area (Å²) in [7, 11) is 0. The van der Waals surface area contributed by atoms with E-state index in [4.69, 9.17) is 5.11 Å². The predicted octanol–water partition coefficient (Wildman–Crippen LogP) is 3.00. The first-order chi connectivity index (χ1) is 12.0. The molecule has 1 heterocycles. The summed E-state index contributed by atoms with van der Waals surface area (Å²) in [5, 5.41) is 12.3. The number of nitrogens with one attached hydrogen (secondary N) is 1. The third kappa shape index (κ3) is 5.45. The van der Waals surface area contributed by atoms with Crippen molar-refractivity contribution in [3.8, 4) is 0 Å². The van der Waals surface area contributed by atoms with E-state index in [1.807, 2.05) is 35.0 Å². The second-order valence-electron chi connectivity index (χ2n) is 6.11. The van der Waals surface area contributed by atoms with E-state index in [0.29, 0.717) is 31.5 Å². The second kappa shape index (κ2) is 9.01. The van der Waals surface area contributed by atoms with Crippen molar-refractivity contribution in [1.82, 2.24) is 9.88 Å². The number of hydrogen-bond donors (Lipinski definition) is 2. The Hall–Kier alpha value is -2.63. The van der Waals surface area contributed by atoms with Gasteiger partial charge in [0, 0.05) is 48.6 Å². The van der Waals surface area contributed by atoms with Gasteiger partial charge in [-0.1, -0.05) is 24.6 Å². The summed E-state index contributed by atoms with van der Waals surface area (Å²) in [4.78, 5) is 34.1. The number of carboxylic acids is 1. The normalized spacial score (nSPS) is 10.8. The molecule has 0 unspecified atom stereocenters. The molecule has 1 aromatic heterocycles. The third-order valence-electron chi connectivity index (χ3n) is 4.14. The Morgan fingerprint density at radius 2 is 1.84 bits per heavy atom. The van der Waals surface area contributed by atoms with Gasteiger partial charge in [0.2, 0.25) is 5.91 Å². The first-order valence-corrected chi connectivity index (χ1v) is 8.56. The smallest absolute Gasteiger partial charge is 0.303 e. The highest BCUT2D eigenvalue weighted by Crippen LogP contribution is 2.22. The highest BCUT2D eigenvalue weighted by Gasteiger charge is 2.12. The summed E-state index contributed by atoms with van der Waals surface area (Å²) in [6.45, 7) is 2.62. The monoisotopic (exact) mass is 344 g/mol. The number of unbranched alkanes of at least 4 members (excludes halogenated alkanes) is 2. The van der Waals surface area contributed by atoms with Crippen molar-refractivity contribution in [2.24, 2.45) is 0 Å². The molecule has 6 heteroatoms. The number of carbonyl (C=O) groups excluding carboxylic acids is 2. The summed E-state index contributed by atoms with van der Waals surface area (Å²) < 4.78 is 1.94. The molecule has 0 atom stereocenters. The Morgan fingerprint density at radius 3 is 2.56 bits per heavy atom. The van der Waals surface area contributed by atoms with E-state index in [9.17, 15) is 14.4 Å². The highest BCUT2D eigenvalue weighted by atomic mass is 16.4. The van der Waals surface area contributed by atoms with Crippen molar-refractivity contribution in [2.45, 2.75) is 45.6 Å². The van der Waals surface area contributed by atoms with E-state index in [1.165, 1.54) is 0 Å². The van der Waals surface area contributed by atoms with Crippen molar-refractivity contribution < 1.29 is 19.5 Å². The summed E-state index contributed by atoms with van der Waals surface area (Å²) >= 11 is 0. The first kappa shape index (κ1) is 18.7. The van der Waals surface area contributed by atoms with Crippen LogP contribution in [0, 0.1) is 0 Å². The van der Waals surface area contributed by atoms with Crippen LogP contribution in [0.1, 0.15) is 49.4 Å². The van der Waals surface area contributed by atoms with Gasteiger partial charge >= 0.3 is 5.97 Å². The van der Waals surface area contributed by atoms with Crippen LogP contribution in [0.25, 0.3) is 10.9 Å².